The molecule has 0 bridgehead atoms. The Morgan fingerprint density at radius 3 is 2.66 bits per heavy atom. The quantitative estimate of drug-likeness (QED) is 0.651. The van der Waals surface area contributed by atoms with Gasteiger partial charge in [0.05, 0.1) is 12.7 Å². The minimum atomic E-state index is -0.448. The fourth-order valence-electron chi connectivity index (χ4n) is 3.51. The van der Waals surface area contributed by atoms with Crippen molar-refractivity contribution in [2.24, 2.45) is 5.92 Å². The lowest BCUT2D eigenvalue weighted by molar-refractivity contribution is 0.0600. The molecule has 0 radical (unpaired) electrons. The van der Waals surface area contributed by atoms with Crippen LogP contribution in [0, 0.1) is 11.7 Å². The van der Waals surface area contributed by atoms with E-state index in [4.69, 9.17) is 0 Å². The van der Waals surface area contributed by atoms with E-state index in [0.29, 0.717) is 23.7 Å². The second-order valence-corrected chi connectivity index (χ2v) is 7.29. The largest absolute Gasteiger partial charge is 0.465 e. The number of urea groups is 1. The Labute approximate surface area is 169 Å². The number of anilines is 1. The highest BCUT2D eigenvalue weighted by Crippen LogP contribution is 2.19. The number of carbonyl (C=O) groups excluding carboxylic acids is 2. The van der Waals surface area contributed by atoms with Gasteiger partial charge in [0.15, 0.2) is 0 Å². The van der Waals surface area contributed by atoms with E-state index in [9.17, 15) is 14.0 Å². The van der Waals surface area contributed by atoms with Crippen LogP contribution in [-0.2, 0) is 11.2 Å². The molecule has 1 saturated heterocycles. The fourth-order valence-corrected chi connectivity index (χ4v) is 3.51. The van der Waals surface area contributed by atoms with E-state index >= 15 is 0 Å². The minimum Gasteiger partial charge on any atom is -0.465 e. The number of esters is 1. The van der Waals surface area contributed by atoms with Crippen molar-refractivity contribution in [2.45, 2.75) is 25.3 Å². The number of amides is 2. The summed E-state index contributed by atoms with van der Waals surface area (Å²) in [5, 5.41) is 9.07. The monoisotopic (exact) mass is 399 g/mol. The van der Waals surface area contributed by atoms with E-state index < -0.39 is 5.97 Å². The van der Waals surface area contributed by atoms with Gasteiger partial charge in [-0.2, -0.15) is 0 Å². The molecule has 7 heteroatoms. The first-order valence-electron chi connectivity index (χ1n) is 9.74. The first-order chi connectivity index (χ1) is 14.0. The van der Waals surface area contributed by atoms with Gasteiger partial charge >= 0.3 is 12.0 Å². The lowest BCUT2D eigenvalue weighted by Crippen LogP contribution is -2.47. The van der Waals surface area contributed by atoms with Gasteiger partial charge in [-0.25, -0.2) is 14.0 Å². The molecule has 1 aliphatic rings. The van der Waals surface area contributed by atoms with Crippen LogP contribution in [0.5, 0.6) is 0 Å². The van der Waals surface area contributed by atoms with Gasteiger partial charge in [0, 0.05) is 18.3 Å². The summed E-state index contributed by atoms with van der Waals surface area (Å²) >= 11 is 0. The van der Waals surface area contributed by atoms with Crippen molar-refractivity contribution in [3.8, 4) is 0 Å². The number of hydrogen-bond donors (Lipinski definition) is 3. The van der Waals surface area contributed by atoms with Gasteiger partial charge < -0.3 is 20.7 Å². The van der Waals surface area contributed by atoms with Gasteiger partial charge in [0.1, 0.15) is 5.82 Å². The molecule has 2 amide bonds. The zero-order valence-corrected chi connectivity index (χ0v) is 16.4. The number of carbonyl (C=O) groups is 2. The predicted octanol–water partition coefficient (Wildman–Crippen LogP) is 3.34. The summed E-state index contributed by atoms with van der Waals surface area (Å²) in [6.45, 7) is 1.39. The van der Waals surface area contributed by atoms with E-state index in [1.165, 1.54) is 19.2 Å². The number of halogens is 1. The Morgan fingerprint density at radius 1 is 1.17 bits per heavy atom. The summed E-state index contributed by atoms with van der Waals surface area (Å²) in [4.78, 5) is 23.7. The summed E-state index contributed by atoms with van der Waals surface area (Å²) in [5.41, 5.74) is 2.05. The summed E-state index contributed by atoms with van der Waals surface area (Å²) in [5.74, 6) is -0.154. The second-order valence-electron chi connectivity index (χ2n) is 7.29. The number of hydrogen-bond acceptors (Lipinski definition) is 4. The molecule has 29 heavy (non-hydrogen) atoms. The van der Waals surface area contributed by atoms with Gasteiger partial charge in [-0.15, -0.1) is 0 Å². The van der Waals surface area contributed by atoms with Crippen LogP contribution in [0.15, 0.2) is 48.5 Å². The number of methoxy groups -OCH3 is 1. The van der Waals surface area contributed by atoms with Crippen LogP contribution in [-0.4, -0.2) is 38.2 Å². The van der Waals surface area contributed by atoms with Crippen molar-refractivity contribution < 1.29 is 18.7 Å². The molecule has 1 heterocycles. The third kappa shape index (κ3) is 6.29. The summed E-state index contributed by atoms with van der Waals surface area (Å²) in [6.07, 6.45) is 2.94. The second kappa shape index (κ2) is 10.0. The van der Waals surface area contributed by atoms with E-state index in [0.717, 1.165) is 31.4 Å². The number of piperidine rings is 1. The topological polar surface area (TPSA) is 79.5 Å². The van der Waals surface area contributed by atoms with Gasteiger partial charge in [-0.05, 0) is 67.6 Å². The average Bonchev–Trinajstić information content (AvgIpc) is 2.74. The molecule has 2 aromatic carbocycles. The number of benzene rings is 2. The number of nitrogens with one attached hydrogen (secondary N) is 3. The highest BCUT2D eigenvalue weighted by molar-refractivity contribution is 5.93. The zero-order valence-electron chi connectivity index (χ0n) is 16.4. The molecular formula is C22H26FN3O3. The number of rotatable bonds is 6. The van der Waals surface area contributed by atoms with Crippen LogP contribution >= 0.6 is 0 Å². The van der Waals surface area contributed by atoms with E-state index in [2.05, 4.69) is 20.7 Å². The molecule has 2 atom stereocenters. The molecule has 6 nitrogen and oxygen atoms in total. The Hall–Kier alpha value is -2.93. The van der Waals surface area contributed by atoms with E-state index in [1.54, 1.807) is 24.3 Å². The third-order valence-electron chi connectivity index (χ3n) is 5.11. The molecule has 0 spiro atoms. The maximum atomic E-state index is 13.0. The average molecular weight is 399 g/mol. The Morgan fingerprint density at radius 2 is 1.97 bits per heavy atom. The molecule has 0 aromatic heterocycles. The maximum Gasteiger partial charge on any atom is 0.337 e. The van der Waals surface area contributed by atoms with E-state index in [-0.39, 0.29) is 17.9 Å². The Balaban J connectivity index is 1.39. The van der Waals surface area contributed by atoms with Crippen molar-refractivity contribution in [3.05, 3.63) is 65.5 Å². The van der Waals surface area contributed by atoms with Crippen LogP contribution in [0.4, 0.5) is 14.9 Å². The van der Waals surface area contributed by atoms with Crippen LogP contribution in [0.2, 0.25) is 0 Å². The highest BCUT2D eigenvalue weighted by atomic mass is 19.1. The van der Waals surface area contributed by atoms with Gasteiger partial charge in [-0.3, -0.25) is 0 Å². The fraction of sp³-hybridized carbons (Fsp3) is 0.364. The molecule has 154 valence electrons. The van der Waals surface area contributed by atoms with Crippen molar-refractivity contribution in [1.82, 2.24) is 10.6 Å². The predicted molar refractivity (Wildman–Crippen MR) is 109 cm³/mol. The van der Waals surface area contributed by atoms with Gasteiger partial charge in [0.2, 0.25) is 0 Å². The molecule has 0 saturated carbocycles. The van der Waals surface area contributed by atoms with E-state index in [1.807, 2.05) is 12.1 Å². The molecule has 1 fully saturated rings. The normalized spacial score (nSPS) is 18.7. The van der Waals surface area contributed by atoms with Crippen LogP contribution < -0.4 is 16.0 Å². The molecule has 1 aliphatic heterocycles. The molecule has 0 unspecified atom stereocenters. The molecule has 0 aliphatic carbocycles. The smallest absolute Gasteiger partial charge is 0.337 e. The van der Waals surface area contributed by atoms with Crippen LogP contribution in [0.25, 0.3) is 0 Å². The summed E-state index contributed by atoms with van der Waals surface area (Å²) in [7, 11) is 1.32. The lowest BCUT2D eigenvalue weighted by Gasteiger charge is -2.30. The highest BCUT2D eigenvalue weighted by Gasteiger charge is 2.21. The minimum absolute atomic E-state index is 0.211. The van der Waals surface area contributed by atoms with Crippen molar-refractivity contribution in [1.29, 1.82) is 0 Å². The Bertz CT molecular complexity index is 833. The van der Waals surface area contributed by atoms with Gasteiger partial charge in [0.25, 0.3) is 0 Å². The summed E-state index contributed by atoms with van der Waals surface area (Å²) < 4.78 is 17.7. The van der Waals surface area contributed by atoms with Crippen molar-refractivity contribution in [3.63, 3.8) is 0 Å². The van der Waals surface area contributed by atoms with Crippen LogP contribution in [0.3, 0.4) is 0 Å². The van der Waals surface area contributed by atoms with Crippen molar-refractivity contribution >= 4 is 17.7 Å². The molecule has 3 rings (SSSR count). The third-order valence-corrected chi connectivity index (χ3v) is 5.11. The van der Waals surface area contributed by atoms with Crippen molar-refractivity contribution in [2.75, 3.05) is 25.5 Å². The molecule has 2 aromatic rings. The standard InChI is InChI=1S/C22H26FN3O3/c1-29-21(27)17-3-2-4-19(12-17)26-22(28)25-14-20-10-7-16(13-24-20)11-15-5-8-18(23)9-6-15/h2-6,8-9,12,16,20,24H,7,10-11,13-14H2,1H3,(H2,25,26,28)/t16-,20+/m0/s1. The summed E-state index contributed by atoms with van der Waals surface area (Å²) in [6, 6.07) is 13.2. The SMILES string of the molecule is COC(=O)c1cccc(NC(=O)NC[C@H]2CC[C@@H](Cc3ccc(F)cc3)CN2)c1. The number of ether oxygens (including phenoxy) is 1. The maximum absolute atomic E-state index is 13.0. The first-order valence-corrected chi connectivity index (χ1v) is 9.74. The molecular weight excluding hydrogens is 373 g/mol. The zero-order chi connectivity index (χ0) is 20.6. The van der Waals surface area contributed by atoms with Gasteiger partial charge in [-0.1, -0.05) is 18.2 Å². The lowest BCUT2D eigenvalue weighted by atomic mass is 9.89. The Kier molecular flexibility index (Phi) is 7.19. The van der Waals surface area contributed by atoms with Crippen LogP contribution in [0.1, 0.15) is 28.8 Å². The first kappa shape index (κ1) is 20.8. The molecule has 3 N–H and O–H groups in total.